The molecule has 2 bridgehead atoms. The number of nitrogens with one attached hydrogen (secondary N) is 1. The fourth-order valence-corrected chi connectivity index (χ4v) is 8.43. The highest BCUT2D eigenvalue weighted by Gasteiger charge is 2.38. The van der Waals surface area contributed by atoms with Gasteiger partial charge in [0.1, 0.15) is 29.0 Å². The molecule has 3 atom stereocenters. The standard InChI is InChI=1S/C31H32F2N8O2S/c1-40-6-2-3-16(40)12-43-31-38-27-24(30(39-31)41-11-15-4-5-36-9-17(41)7-15)20-14-42-13-19(20)22(25(27)33)26-23-18(8-34)29(35)44-28(23)21(32)10-37-26/h10,15-17,36H,2-7,9,11-14,35H2,1H3/t15?,16-,17?/m0/s1. The molecule has 13 heteroatoms. The van der Waals surface area contributed by atoms with Gasteiger partial charge in [0.15, 0.2) is 11.6 Å². The van der Waals surface area contributed by atoms with Crippen LogP contribution in [0.1, 0.15) is 42.4 Å². The number of anilines is 2. The summed E-state index contributed by atoms with van der Waals surface area (Å²) < 4.78 is 44.4. The highest BCUT2D eigenvalue weighted by molar-refractivity contribution is 7.23. The summed E-state index contributed by atoms with van der Waals surface area (Å²) in [5.74, 6) is -0.0711. The predicted octanol–water partition coefficient (Wildman–Crippen LogP) is 4.33. The van der Waals surface area contributed by atoms with E-state index in [1.807, 2.05) is 0 Å². The van der Waals surface area contributed by atoms with Crippen molar-refractivity contribution in [2.75, 3.05) is 50.5 Å². The molecule has 10 nitrogen and oxygen atoms in total. The Morgan fingerprint density at radius 3 is 2.91 bits per heavy atom. The minimum atomic E-state index is -0.623. The van der Waals surface area contributed by atoms with E-state index in [9.17, 15) is 9.65 Å². The van der Waals surface area contributed by atoms with Gasteiger partial charge in [0.05, 0.1) is 40.8 Å². The quantitative estimate of drug-likeness (QED) is 0.334. The molecule has 0 radical (unpaired) electrons. The van der Waals surface area contributed by atoms with Crippen molar-refractivity contribution in [2.24, 2.45) is 5.92 Å². The molecule has 8 rings (SSSR count). The Labute approximate surface area is 256 Å². The first-order valence-electron chi connectivity index (χ1n) is 15.1. The Balaban J connectivity index is 1.36. The summed E-state index contributed by atoms with van der Waals surface area (Å²) in [4.78, 5) is 18.6. The number of nitriles is 1. The number of pyridine rings is 1. The Morgan fingerprint density at radius 2 is 2.09 bits per heavy atom. The summed E-state index contributed by atoms with van der Waals surface area (Å²) in [6.45, 7) is 4.41. The van der Waals surface area contributed by atoms with Gasteiger partial charge in [-0.1, -0.05) is 0 Å². The first-order chi connectivity index (χ1) is 21.4. The number of aromatic nitrogens is 3. The largest absolute Gasteiger partial charge is 0.462 e. The molecule has 0 spiro atoms. The van der Waals surface area contributed by atoms with Crippen LogP contribution in [0, 0.1) is 28.9 Å². The zero-order valence-corrected chi connectivity index (χ0v) is 25.1. The first kappa shape index (κ1) is 27.8. The molecule has 3 aromatic heterocycles. The highest BCUT2D eigenvalue weighted by Crippen LogP contribution is 2.47. The van der Waals surface area contributed by atoms with Gasteiger partial charge in [0.2, 0.25) is 0 Å². The van der Waals surface area contributed by atoms with Crippen molar-refractivity contribution >= 4 is 43.1 Å². The fraction of sp³-hybridized carbons (Fsp3) is 0.484. The molecular weight excluding hydrogens is 586 g/mol. The van der Waals surface area contributed by atoms with Crippen molar-refractivity contribution in [3.05, 3.63) is 34.5 Å². The summed E-state index contributed by atoms with van der Waals surface area (Å²) >= 11 is 0.957. The van der Waals surface area contributed by atoms with E-state index in [1.54, 1.807) is 0 Å². The van der Waals surface area contributed by atoms with E-state index in [4.69, 9.17) is 25.2 Å². The maximum Gasteiger partial charge on any atom is 0.319 e. The third-order valence-corrected chi connectivity index (χ3v) is 10.8. The van der Waals surface area contributed by atoms with Crippen LogP contribution in [0.5, 0.6) is 6.01 Å². The number of benzene rings is 1. The maximum absolute atomic E-state index is 17.2. The molecule has 3 N–H and O–H groups in total. The van der Waals surface area contributed by atoms with Crippen molar-refractivity contribution in [3.8, 4) is 23.3 Å². The summed E-state index contributed by atoms with van der Waals surface area (Å²) in [5.41, 5.74) is 7.99. The predicted molar refractivity (Wildman–Crippen MR) is 164 cm³/mol. The van der Waals surface area contributed by atoms with Crippen LogP contribution in [0.15, 0.2) is 6.20 Å². The van der Waals surface area contributed by atoms with Crippen molar-refractivity contribution in [1.82, 2.24) is 25.2 Å². The van der Waals surface area contributed by atoms with Crippen molar-refractivity contribution in [1.29, 1.82) is 5.26 Å². The maximum atomic E-state index is 17.2. The first-order valence-corrected chi connectivity index (χ1v) is 15.9. The SMILES string of the molecule is CN1CCC[C@H]1COc1nc(N2CC3CCNCC2C3)c2c3c(c(-c4ncc(F)c5sc(N)c(C#N)c45)c(F)c2n1)COC3. The topological polar surface area (TPSA) is 125 Å². The number of fused-ring (bicyclic) bond motifs is 6. The second kappa shape index (κ2) is 10.7. The average Bonchev–Trinajstić information content (AvgIpc) is 3.78. The molecule has 2 unspecified atom stereocenters. The Hall–Kier alpha value is -3.70. The van der Waals surface area contributed by atoms with Crippen LogP contribution in [0.25, 0.3) is 32.2 Å². The van der Waals surface area contributed by atoms with E-state index in [0.717, 1.165) is 75.0 Å². The number of nitrogens with two attached hydrogens (primary N) is 1. The monoisotopic (exact) mass is 618 g/mol. The normalized spacial score (nSPS) is 23.4. The van der Waals surface area contributed by atoms with Gasteiger partial charge in [-0.3, -0.25) is 4.98 Å². The minimum Gasteiger partial charge on any atom is -0.462 e. The fourth-order valence-electron chi connectivity index (χ4n) is 7.51. The summed E-state index contributed by atoms with van der Waals surface area (Å²) in [7, 11) is 2.08. The molecule has 1 aromatic carbocycles. The van der Waals surface area contributed by atoms with Crippen molar-refractivity contribution in [3.63, 3.8) is 0 Å². The number of nitrogens with zero attached hydrogens (tertiary/aromatic N) is 6. The average molecular weight is 619 g/mol. The number of thiophene rings is 1. The number of likely N-dealkylation sites (tertiary alicyclic amines) is 1. The lowest BCUT2D eigenvalue weighted by Crippen LogP contribution is -2.40. The smallest absolute Gasteiger partial charge is 0.319 e. The summed E-state index contributed by atoms with van der Waals surface area (Å²) in [5, 5.41) is 14.4. The summed E-state index contributed by atoms with van der Waals surface area (Å²) in [6, 6.07) is 2.64. The molecule has 4 aromatic rings. The van der Waals surface area contributed by atoms with E-state index in [2.05, 4.69) is 33.2 Å². The molecule has 4 aliphatic rings. The number of hydrogen-bond acceptors (Lipinski definition) is 11. The Bertz CT molecular complexity index is 1860. The number of likely N-dealkylation sites (N-methyl/N-ethyl adjacent to an activating group) is 1. The second-order valence-corrected chi connectivity index (χ2v) is 13.3. The number of halogens is 2. The van der Waals surface area contributed by atoms with E-state index in [0.29, 0.717) is 29.3 Å². The lowest BCUT2D eigenvalue weighted by atomic mass is 9.93. The van der Waals surface area contributed by atoms with Gasteiger partial charge in [-0.05, 0) is 62.9 Å². The summed E-state index contributed by atoms with van der Waals surface area (Å²) in [6.07, 6.45) is 5.27. The Kier molecular flexibility index (Phi) is 6.78. The van der Waals surface area contributed by atoms with Crippen LogP contribution >= 0.6 is 11.3 Å². The van der Waals surface area contributed by atoms with Gasteiger partial charge in [-0.15, -0.1) is 11.3 Å². The van der Waals surface area contributed by atoms with E-state index >= 15 is 4.39 Å². The van der Waals surface area contributed by atoms with Gasteiger partial charge < -0.3 is 30.3 Å². The highest BCUT2D eigenvalue weighted by atomic mass is 32.1. The molecular formula is C31H32F2N8O2S. The number of hydrogen-bond donors (Lipinski definition) is 2. The number of nitrogen functional groups attached to an aromatic ring is 1. The number of ether oxygens (including phenoxy) is 2. The molecule has 0 amide bonds. The van der Waals surface area contributed by atoms with E-state index in [1.165, 1.54) is 0 Å². The molecule has 4 aliphatic heterocycles. The van der Waals surface area contributed by atoms with Crippen LogP contribution in [0.3, 0.4) is 0 Å². The minimum absolute atomic E-state index is 0.0835. The van der Waals surface area contributed by atoms with Crippen LogP contribution in [-0.4, -0.2) is 71.8 Å². The van der Waals surface area contributed by atoms with Crippen LogP contribution in [0.2, 0.25) is 0 Å². The van der Waals surface area contributed by atoms with Gasteiger partial charge >= 0.3 is 6.01 Å². The molecule has 3 fully saturated rings. The zero-order valence-electron chi connectivity index (χ0n) is 24.3. The lowest BCUT2D eigenvalue weighted by Gasteiger charge is -2.29. The van der Waals surface area contributed by atoms with Gasteiger partial charge in [-0.2, -0.15) is 15.2 Å². The third-order valence-electron chi connectivity index (χ3n) is 9.76. The van der Waals surface area contributed by atoms with Crippen LogP contribution < -0.4 is 20.7 Å². The van der Waals surface area contributed by atoms with Crippen molar-refractivity contribution in [2.45, 2.75) is 51.0 Å². The Morgan fingerprint density at radius 1 is 1.23 bits per heavy atom. The second-order valence-electron chi connectivity index (χ2n) is 12.3. The van der Waals surface area contributed by atoms with E-state index < -0.39 is 11.6 Å². The zero-order chi connectivity index (χ0) is 30.1. The van der Waals surface area contributed by atoms with Gasteiger partial charge in [0.25, 0.3) is 0 Å². The van der Waals surface area contributed by atoms with Crippen LogP contribution in [0.4, 0.5) is 19.6 Å². The van der Waals surface area contributed by atoms with Crippen molar-refractivity contribution < 1.29 is 18.3 Å². The molecule has 0 aliphatic carbocycles. The number of rotatable bonds is 5. The molecule has 228 valence electrons. The molecule has 7 heterocycles. The molecule has 0 saturated carbocycles. The lowest BCUT2D eigenvalue weighted by molar-refractivity contribution is 0.135. The third kappa shape index (κ3) is 4.30. The van der Waals surface area contributed by atoms with Crippen LogP contribution in [-0.2, 0) is 18.0 Å². The molecule has 3 saturated heterocycles. The molecule has 44 heavy (non-hydrogen) atoms. The van der Waals surface area contributed by atoms with E-state index in [-0.39, 0.29) is 68.7 Å². The van der Waals surface area contributed by atoms with Gasteiger partial charge in [0, 0.05) is 36.1 Å². The van der Waals surface area contributed by atoms with Gasteiger partial charge in [-0.25, -0.2) is 8.78 Å².